The van der Waals surface area contributed by atoms with Crippen LogP contribution in [0.2, 0.25) is 5.02 Å². The van der Waals surface area contributed by atoms with Crippen LogP contribution in [0.5, 0.6) is 0 Å². The highest BCUT2D eigenvalue weighted by Crippen LogP contribution is 2.20. The molecule has 0 aliphatic carbocycles. The Hall–Kier alpha value is -2.34. The Balaban J connectivity index is 2.22. The first-order valence-corrected chi connectivity index (χ1v) is 8.41. The molecule has 0 fully saturated rings. The van der Waals surface area contributed by atoms with Gasteiger partial charge >= 0.3 is 5.97 Å². The predicted octanol–water partition coefficient (Wildman–Crippen LogP) is 2.91. The first-order valence-electron chi connectivity index (χ1n) is 8.04. The van der Waals surface area contributed by atoms with E-state index in [1.54, 1.807) is 30.7 Å². The maximum atomic E-state index is 12.3. The van der Waals surface area contributed by atoms with E-state index in [1.807, 2.05) is 26.0 Å². The average molecular weight is 364 g/mol. The Morgan fingerprint density at radius 1 is 1.24 bits per heavy atom. The summed E-state index contributed by atoms with van der Waals surface area (Å²) in [4.78, 5) is 23.5. The normalized spacial score (nSPS) is 12.2. The SMILES string of the molecule is Cc1nn(-c2ccc(Cl)cc2)c(C)c1CC(=O)N[C@H](C(=O)O)C(C)C. The molecule has 2 rings (SSSR count). The molecule has 7 heteroatoms. The van der Waals surface area contributed by atoms with E-state index in [1.165, 1.54) is 0 Å². The molecule has 0 aliphatic heterocycles. The number of carbonyl (C=O) groups excluding carboxylic acids is 1. The van der Waals surface area contributed by atoms with Gasteiger partial charge in [-0.15, -0.1) is 0 Å². The van der Waals surface area contributed by atoms with Gasteiger partial charge in [0.25, 0.3) is 0 Å². The van der Waals surface area contributed by atoms with E-state index in [4.69, 9.17) is 11.6 Å². The highest BCUT2D eigenvalue weighted by atomic mass is 35.5. The number of aryl methyl sites for hydroxylation is 1. The zero-order valence-corrected chi connectivity index (χ0v) is 15.5. The van der Waals surface area contributed by atoms with Gasteiger partial charge in [0.15, 0.2) is 0 Å². The van der Waals surface area contributed by atoms with Crippen LogP contribution in [0.1, 0.15) is 30.8 Å². The van der Waals surface area contributed by atoms with Gasteiger partial charge in [0, 0.05) is 16.3 Å². The van der Waals surface area contributed by atoms with Crippen molar-refractivity contribution in [3.05, 3.63) is 46.2 Å². The predicted molar refractivity (Wildman–Crippen MR) is 96.2 cm³/mol. The van der Waals surface area contributed by atoms with E-state index in [-0.39, 0.29) is 18.2 Å². The first kappa shape index (κ1) is 19.0. The van der Waals surface area contributed by atoms with E-state index >= 15 is 0 Å². The minimum atomic E-state index is -1.03. The standard InChI is InChI=1S/C18H22ClN3O3/c1-10(2)17(18(24)25)20-16(23)9-15-11(3)21-22(12(15)4)14-7-5-13(19)6-8-14/h5-8,10,17H,9H2,1-4H3,(H,20,23)(H,24,25)/t17-/m0/s1. The minimum Gasteiger partial charge on any atom is -0.480 e. The van der Waals surface area contributed by atoms with Crippen LogP contribution in [-0.4, -0.2) is 32.8 Å². The average Bonchev–Trinajstić information content (AvgIpc) is 2.81. The number of rotatable bonds is 6. The number of hydrogen-bond acceptors (Lipinski definition) is 3. The van der Waals surface area contributed by atoms with E-state index in [2.05, 4.69) is 10.4 Å². The molecule has 0 spiro atoms. The molecule has 25 heavy (non-hydrogen) atoms. The van der Waals surface area contributed by atoms with Gasteiger partial charge in [0.1, 0.15) is 6.04 Å². The van der Waals surface area contributed by atoms with Gasteiger partial charge in [0.2, 0.25) is 5.91 Å². The molecule has 0 saturated carbocycles. The molecule has 0 radical (unpaired) electrons. The number of carboxylic acids is 1. The van der Waals surface area contributed by atoms with Crippen LogP contribution in [0, 0.1) is 19.8 Å². The zero-order valence-electron chi connectivity index (χ0n) is 14.7. The summed E-state index contributed by atoms with van der Waals surface area (Å²) in [7, 11) is 0. The molecule has 1 amide bonds. The summed E-state index contributed by atoms with van der Waals surface area (Å²) in [6.45, 7) is 7.23. The van der Waals surface area contributed by atoms with Crippen LogP contribution in [-0.2, 0) is 16.0 Å². The Kier molecular flexibility index (Phi) is 5.85. The molecule has 6 nitrogen and oxygen atoms in total. The molecular weight excluding hydrogens is 342 g/mol. The van der Waals surface area contributed by atoms with Crippen LogP contribution >= 0.6 is 11.6 Å². The largest absolute Gasteiger partial charge is 0.480 e. The van der Waals surface area contributed by atoms with Crippen LogP contribution in [0.4, 0.5) is 0 Å². The summed E-state index contributed by atoms with van der Waals surface area (Å²) >= 11 is 5.91. The number of amides is 1. The quantitative estimate of drug-likeness (QED) is 0.826. The van der Waals surface area contributed by atoms with E-state index in [0.29, 0.717) is 5.02 Å². The summed E-state index contributed by atoms with van der Waals surface area (Å²) in [6, 6.07) is 6.36. The van der Waals surface area contributed by atoms with E-state index < -0.39 is 12.0 Å². The molecule has 0 saturated heterocycles. The van der Waals surface area contributed by atoms with Gasteiger partial charge in [-0.2, -0.15) is 5.10 Å². The van der Waals surface area contributed by atoms with Crippen LogP contribution in [0.15, 0.2) is 24.3 Å². The molecule has 0 aliphatic rings. The minimum absolute atomic E-state index is 0.0851. The Labute approximate surface area is 151 Å². The van der Waals surface area contributed by atoms with Crippen LogP contribution < -0.4 is 5.32 Å². The topological polar surface area (TPSA) is 84.2 Å². The number of carbonyl (C=O) groups is 2. The van der Waals surface area contributed by atoms with Crippen molar-refractivity contribution in [2.75, 3.05) is 0 Å². The first-order chi connectivity index (χ1) is 11.7. The lowest BCUT2D eigenvalue weighted by molar-refractivity contribution is -0.143. The van der Waals surface area contributed by atoms with E-state index in [0.717, 1.165) is 22.6 Å². The van der Waals surface area contributed by atoms with Gasteiger partial charge in [-0.3, -0.25) is 4.79 Å². The molecule has 134 valence electrons. The second-order valence-electron chi connectivity index (χ2n) is 6.34. The van der Waals surface area contributed by atoms with Crippen molar-refractivity contribution >= 4 is 23.5 Å². The maximum Gasteiger partial charge on any atom is 0.326 e. The lowest BCUT2D eigenvalue weighted by Gasteiger charge is -2.17. The second-order valence-corrected chi connectivity index (χ2v) is 6.78. The third-order valence-corrected chi connectivity index (χ3v) is 4.35. The van der Waals surface area contributed by atoms with Gasteiger partial charge < -0.3 is 10.4 Å². The summed E-state index contributed by atoms with van der Waals surface area (Å²) in [6.07, 6.45) is 0.0851. The number of carboxylic acid groups (broad SMARTS) is 1. The number of nitrogens with zero attached hydrogens (tertiary/aromatic N) is 2. The number of hydrogen-bond donors (Lipinski definition) is 2. The van der Waals surface area contributed by atoms with Gasteiger partial charge in [0.05, 0.1) is 17.8 Å². The molecule has 2 aromatic rings. The van der Waals surface area contributed by atoms with Gasteiger partial charge in [-0.25, -0.2) is 9.48 Å². The molecule has 1 heterocycles. The third-order valence-electron chi connectivity index (χ3n) is 4.10. The molecule has 0 unspecified atom stereocenters. The smallest absolute Gasteiger partial charge is 0.326 e. The van der Waals surface area contributed by atoms with Crippen molar-refractivity contribution in [3.63, 3.8) is 0 Å². The molecule has 0 bridgehead atoms. The number of aliphatic carboxylic acids is 1. The lowest BCUT2D eigenvalue weighted by atomic mass is 10.0. The fourth-order valence-corrected chi connectivity index (χ4v) is 2.79. The lowest BCUT2D eigenvalue weighted by Crippen LogP contribution is -2.45. The van der Waals surface area contributed by atoms with Crippen molar-refractivity contribution in [2.45, 2.75) is 40.2 Å². The molecular formula is C18H22ClN3O3. The second kappa shape index (κ2) is 7.70. The molecule has 2 N–H and O–H groups in total. The third kappa shape index (κ3) is 4.39. The Morgan fingerprint density at radius 2 is 1.84 bits per heavy atom. The number of nitrogens with one attached hydrogen (secondary N) is 1. The van der Waals surface area contributed by atoms with Crippen molar-refractivity contribution in [1.82, 2.24) is 15.1 Å². The number of aromatic nitrogens is 2. The number of halogens is 1. The highest BCUT2D eigenvalue weighted by molar-refractivity contribution is 6.30. The Bertz CT molecular complexity index is 782. The molecule has 1 atom stereocenters. The highest BCUT2D eigenvalue weighted by Gasteiger charge is 2.24. The Morgan fingerprint density at radius 3 is 2.36 bits per heavy atom. The summed E-state index contributed by atoms with van der Waals surface area (Å²) in [5.74, 6) is -1.56. The van der Waals surface area contributed by atoms with Crippen molar-refractivity contribution in [2.24, 2.45) is 5.92 Å². The van der Waals surface area contributed by atoms with Gasteiger partial charge in [-0.1, -0.05) is 25.4 Å². The van der Waals surface area contributed by atoms with Crippen LogP contribution in [0.3, 0.4) is 0 Å². The van der Waals surface area contributed by atoms with Crippen molar-refractivity contribution in [1.29, 1.82) is 0 Å². The van der Waals surface area contributed by atoms with Crippen molar-refractivity contribution in [3.8, 4) is 5.69 Å². The van der Waals surface area contributed by atoms with Crippen molar-refractivity contribution < 1.29 is 14.7 Å². The molecule has 1 aromatic heterocycles. The summed E-state index contributed by atoms with van der Waals surface area (Å²) in [5.41, 5.74) is 3.22. The maximum absolute atomic E-state index is 12.3. The fraction of sp³-hybridized carbons (Fsp3) is 0.389. The number of benzene rings is 1. The fourth-order valence-electron chi connectivity index (χ4n) is 2.66. The zero-order chi connectivity index (χ0) is 18.7. The van der Waals surface area contributed by atoms with E-state index in [9.17, 15) is 14.7 Å². The monoisotopic (exact) mass is 363 g/mol. The molecule has 1 aromatic carbocycles. The van der Waals surface area contributed by atoms with Gasteiger partial charge in [-0.05, 0) is 44.0 Å². The summed E-state index contributed by atoms with van der Waals surface area (Å²) in [5, 5.41) is 16.9. The summed E-state index contributed by atoms with van der Waals surface area (Å²) < 4.78 is 1.76. The van der Waals surface area contributed by atoms with Crippen LogP contribution in [0.25, 0.3) is 5.69 Å².